The molecule has 3 rings (SSSR count). The number of sulfonamides is 1. The third-order valence-corrected chi connectivity index (χ3v) is 9.87. The number of nitrogens with zero attached hydrogens (tertiary/aromatic N) is 2. The summed E-state index contributed by atoms with van der Waals surface area (Å²) in [4.78, 5) is 23.5. The summed E-state index contributed by atoms with van der Waals surface area (Å²) in [5, 5.41) is 14.9. The SMILES string of the molecule is C[C@H](NS(=O)(=O)c1ccc(-c2c(F)c(C(=O)NCCC(C)(C)C(=O)O)nn2CC2CCCCC2)c(Cl)c1Cl)C(F)(F)F. The third-order valence-electron chi connectivity index (χ3n) is 7.29. The molecule has 1 aromatic carbocycles. The van der Waals surface area contributed by atoms with Gasteiger partial charge >= 0.3 is 12.1 Å². The van der Waals surface area contributed by atoms with Gasteiger partial charge in [0.05, 0.1) is 15.5 Å². The molecule has 16 heteroatoms. The fraction of sp³-hybridized carbons (Fsp3) is 0.577. The van der Waals surface area contributed by atoms with Crippen LogP contribution in [-0.2, 0) is 21.4 Å². The highest BCUT2D eigenvalue weighted by Gasteiger charge is 2.40. The van der Waals surface area contributed by atoms with Gasteiger partial charge in [0.1, 0.15) is 16.6 Å². The number of rotatable bonds is 11. The number of aromatic nitrogens is 2. The van der Waals surface area contributed by atoms with Gasteiger partial charge in [-0.3, -0.25) is 14.3 Å². The normalized spacial score (nSPS) is 15.9. The van der Waals surface area contributed by atoms with Crippen molar-refractivity contribution in [3.8, 4) is 11.3 Å². The van der Waals surface area contributed by atoms with Crippen LogP contribution in [0.4, 0.5) is 17.6 Å². The molecule has 1 fully saturated rings. The Balaban J connectivity index is 2.02. The quantitative estimate of drug-likeness (QED) is 0.253. The lowest BCUT2D eigenvalue weighted by atomic mass is 9.89. The van der Waals surface area contributed by atoms with E-state index >= 15 is 4.39 Å². The highest BCUT2D eigenvalue weighted by atomic mass is 35.5. The first-order chi connectivity index (χ1) is 19.4. The Bertz CT molecular complexity index is 1440. The lowest BCUT2D eigenvalue weighted by Gasteiger charge is -2.22. The molecule has 1 heterocycles. The fourth-order valence-corrected chi connectivity index (χ4v) is 6.64. The zero-order valence-corrected chi connectivity index (χ0v) is 25.4. The Labute approximate surface area is 251 Å². The van der Waals surface area contributed by atoms with Gasteiger partial charge in [-0.1, -0.05) is 42.5 Å². The van der Waals surface area contributed by atoms with Gasteiger partial charge in [-0.2, -0.15) is 23.0 Å². The fourth-order valence-electron chi connectivity index (χ4n) is 4.55. The Kier molecular flexibility index (Phi) is 10.6. The molecule has 1 aliphatic rings. The van der Waals surface area contributed by atoms with Gasteiger partial charge in [-0.15, -0.1) is 0 Å². The molecule has 0 aliphatic heterocycles. The predicted octanol–water partition coefficient (Wildman–Crippen LogP) is 6.04. The number of halogens is 6. The Morgan fingerprint density at radius 1 is 1.14 bits per heavy atom. The highest BCUT2D eigenvalue weighted by molar-refractivity contribution is 7.89. The van der Waals surface area contributed by atoms with E-state index in [4.69, 9.17) is 23.2 Å². The van der Waals surface area contributed by atoms with Crippen molar-refractivity contribution in [2.75, 3.05) is 6.54 Å². The van der Waals surface area contributed by atoms with Crippen molar-refractivity contribution in [3.05, 3.63) is 33.7 Å². The molecule has 1 amide bonds. The van der Waals surface area contributed by atoms with Gasteiger partial charge < -0.3 is 10.4 Å². The molecule has 42 heavy (non-hydrogen) atoms. The van der Waals surface area contributed by atoms with Gasteiger partial charge in [0.25, 0.3) is 5.91 Å². The highest BCUT2D eigenvalue weighted by Crippen LogP contribution is 2.40. The minimum Gasteiger partial charge on any atom is -0.481 e. The second kappa shape index (κ2) is 13.1. The molecular formula is C26H32Cl2F4N4O5S. The molecule has 1 atom stereocenters. The number of alkyl halides is 3. The van der Waals surface area contributed by atoms with Gasteiger partial charge in [-0.05, 0) is 58.1 Å². The molecule has 1 saturated carbocycles. The van der Waals surface area contributed by atoms with E-state index in [9.17, 15) is 36.3 Å². The lowest BCUT2D eigenvalue weighted by molar-refractivity contribution is -0.147. The van der Waals surface area contributed by atoms with Crippen molar-refractivity contribution in [2.24, 2.45) is 11.3 Å². The van der Waals surface area contributed by atoms with Crippen LogP contribution in [0.5, 0.6) is 0 Å². The molecule has 0 bridgehead atoms. The molecular weight excluding hydrogens is 627 g/mol. The van der Waals surface area contributed by atoms with Crippen LogP contribution in [0, 0.1) is 17.2 Å². The van der Waals surface area contributed by atoms with Crippen LogP contribution in [0.3, 0.4) is 0 Å². The topological polar surface area (TPSA) is 130 Å². The first kappa shape index (κ1) is 34.1. The number of hydrogen-bond acceptors (Lipinski definition) is 5. The maximum absolute atomic E-state index is 15.9. The van der Waals surface area contributed by atoms with E-state index < -0.39 is 66.0 Å². The van der Waals surface area contributed by atoms with Gasteiger partial charge in [0, 0.05) is 18.7 Å². The zero-order valence-electron chi connectivity index (χ0n) is 23.1. The van der Waals surface area contributed by atoms with E-state index in [2.05, 4.69) is 10.4 Å². The molecule has 1 aliphatic carbocycles. The van der Waals surface area contributed by atoms with Crippen molar-refractivity contribution in [1.82, 2.24) is 19.8 Å². The molecule has 0 spiro atoms. The van der Waals surface area contributed by atoms with Crippen LogP contribution < -0.4 is 10.0 Å². The second-order valence-corrected chi connectivity index (χ2v) is 13.5. The van der Waals surface area contributed by atoms with Crippen molar-refractivity contribution in [3.63, 3.8) is 0 Å². The number of amides is 1. The first-order valence-electron chi connectivity index (χ1n) is 13.2. The number of hydrogen-bond donors (Lipinski definition) is 3. The standard InChI is InChI=1S/C26H32Cl2F4N4O5S/c1-14(26(30,31)32)35-42(40,41)17-10-9-16(18(27)19(17)28)22-20(29)21(23(37)33-12-11-25(2,3)24(38)39)34-36(22)13-15-7-5-4-6-8-15/h9-10,14-15,35H,4-8,11-13H2,1-3H3,(H,33,37)(H,38,39)/t14-/m0/s1. The minimum absolute atomic E-state index is 0.0592. The number of nitrogens with one attached hydrogen (secondary N) is 2. The Morgan fingerprint density at radius 3 is 2.33 bits per heavy atom. The second-order valence-electron chi connectivity index (χ2n) is 11.0. The number of benzene rings is 1. The molecule has 234 valence electrons. The largest absolute Gasteiger partial charge is 0.481 e. The molecule has 0 saturated heterocycles. The van der Waals surface area contributed by atoms with E-state index in [0.29, 0.717) is 6.92 Å². The van der Waals surface area contributed by atoms with Crippen molar-refractivity contribution in [2.45, 2.75) is 83.0 Å². The van der Waals surface area contributed by atoms with Crippen LogP contribution in [-0.4, -0.2) is 53.9 Å². The van der Waals surface area contributed by atoms with Crippen LogP contribution in [0.15, 0.2) is 17.0 Å². The van der Waals surface area contributed by atoms with Crippen LogP contribution in [0.2, 0.25) is 10.0 Å². The van der Waals surface area contributed by atoms with Crippen molar-refractivity contribution >= 4 is 45.1 Å². The summed E-state index contributed by atoms with van der Waals surface area (Å²) in [7, 11) is -4.78. The predicted molar refractivity (Wildman–Crippen MR) is 148 cm³/mol. The van der Waals surface area contributed by atoms with E-state index in [0.717, 1.165) is 44.2 Å². The van der Waals surface area contributed by atoms with Crippen LogP contribution in [0.25, 0.3) is 11.3 Å². The summed E-state index contributed by atoms with van der Waals surface area (Å²) in [6.45, 7) is 3.72. The maximum atomic E-state index is 15.9. The first-order valence-corrected chi connectivity index (χ1v) is 15.5. The molecule has 3 N–H and O–H groups in total. The summed E-state index contributed by atoms with van der Waals surface area (Å²) in [6, 6.07) is -0.427. The summed E-state index contributed by atoms with van der Waals surface area (Å²) in [5.41, 5.74) is -2.09. The van der Waals surface area contributed by atoms with E-state index in [1.807, 2.05) is 0 Å². The maximum Gasteiger partial charge on any atom is 0.404 e. The van der Waals surface area contributed by atoms with Crippen LogP contribution >= 0.6 is 23.2 Å². The zero-order chi connectivity index (χ0) is 31.6. The number of carbonyl (C=O) groups is 2. The average Bonchev–Trinajstić information content (AvgIpc) is 3.20. The number of aliphatic carboxylic acids is 1. The van der Waals surface area contributed by atoms with Gasteiger partial charge in [0.2, 0.25) is 10.0 Å². The minimum atomic E-state index is -4.86. The summed E-state index contributed by atoms with van der Waals surface area (Å²) >= 11 is 12.6. The number of carboxylic acids is 1. The lowest BCUT2D eigenvalue weighted by Crippen LogP contribution is -2.43. The molecule has 1 aromatic heterocycles. The van der Waals surface area contributed by atoms with Crippen LogP contribution in [0.1, 0.15) is 69.8 Å². The summed E-state index contributed by atoms with van der Waals surface area (Å²) < 4.78 is 83.0. The molecule has 0 unspecified atom stereocenters. The average molecular weight is 660 g/mol. The monoisotopic (exact) mass is 658 g/mol. The van der Waals surface area contributed by atoms with Gasteiger partial charge in [0.15, 0.2) is 11.5 Å². The summed E-state index contributed by atoms with van der Waals surface area (Å²) in [6.07, 6.45) is -0.168. The van der Waals surface area contributed by atoms with Crippen molar-refractivity contribution < 1.29 is 40.7 Å². The molecule has 2 aromatic rings. The van der Waals surface area contributed by atoms with Gasteiger partial charge in [-0.25, -0.2) is 12.8 Å². The Morgan fingerprint density at radius 2 is 1.76 bits per heavy atom. The third kappa shape index (κ3) is 7.74. The van der Waals surface area contributed by atoms with E-state index in [1.165, 1.54) is 23.3 Å². The van der Waals surface area contributed by atoms with E-state index in [1.54, 1.807) is 0 Å². The summed E-state index contributed by atoms with van der Waals surface area (Å²) in [5.74, 6) is -2.93. The molecule has 9 nitrogen and oxygen atoms in total. The Hall–Kier alpha value is -2.42. The number of carbonyl (C=O) groups excluding carboxylic acids is 1. The van der Waals surface area contributed by atoms with Crippen molar-refractivity contribution in [1.29, 1.82) is 0 Å². The smallest absolute Gasteiger partial charge is 0.404 e. The molecule has 0 radical (unpaired) electrons. The van der Waals surface area contributed by atoms with E-state index in [-0.39, 0.29) is 36.7 Å². The number of carboxylic acid groups (broad SMARTS) is 1.